The summed E-state index contributed by atoms with van der Waals surface area (Å²) in [5.41, 5.74) is 1.90. The van der Waals surface area contributed by atoms with Crippen LogP contribution in [-0.4, -0.2) is 32.1 Å². The van der Waals surface area contributed by atoms with Crippen LogP contribution in [0.5, 0.6) is 0 Å². The topological polar surface area (TPSA) is 72.3 Å². The predicted molar refractivity (Wildman–Crippen MR) is 114 cm³/mol. The van der Waals surface area contributed by atoms with Crippen LogP contribution >= 0.6 is 23.1 Å². The van der Waals surface area contributed by atoms with Crippen molar-refractivity contribution in [2.24, 2.45) is 0 Å². The molecule has 0 unspecified atom stereocenters. The molecule has 29 heavy (non-hydrogen) atoms. The Morgan fingerprint density at radius 2 is 1.86 bits per heavy atom. The van der Waals surface area contributed by atoms with Crippen LogP contribution in [0, 0.1) is 0 Å². The summed E-state index contributed by atoms with van der Waals surface area (Å²) < 4.78 is 1.59. The maximum atomic E-state index is 13.2. The van der Waals surface area contributed by atoms with Gasteiger partial charge in [0.15, 0.2) is 5.16 Å². The Morgan fingerprint density at radius 3 is 2.55 bits per heavy atom. The number of aryl methyl sites for hydroxylation is 2. The summed E-state index contributed by atoms with van der Waals surface area (Å²) in [6.07, 6.45) is 4.65. The van der Waals surface area contributed by atoms with E-state index in [1.807, 2.05) is 0 Å². The molecule has 2 aromatic heterocycles. The minimum absolute atomic E-state index is 0.0702. The molecule has 0 atom stereocenters. The number of amides is 2. The molecule has 3 aromatic rings. The summed E-state index contributed by atoms with van der Waals surface area (Å²) in [4.78, 5) is 46.3. The predicted octanol–water partition coefficient (Wildman–Crippen LogP) is 3.48. The van der Waals surface area contributed by atoms with E-state index in [0.29, 0.717) is 22.8 Å². The first-order valence-electron chi connectivity index (χ1n) is 9.34. The number of thiophene rings is 1. The fourth-order valence-electron chi connectivity index (χ4n) is 3.94. The highest BCUT2D eigenvalue weighted by molar-refractivity contribution is 7.99. The van der Waals surface area contributed by atoms with Gasteiger partial charge in [0.05, 0.1) is 22.4 Å². The summed E-state index contributed by atoms with van der Waals surface area (Å²) >= 11 is 2.81. The van der Waals surface area contributed by atoms with E-state index in [9.17, 15) is 14.4 Å². The van der Waals surface area contributed by atoms with Crippen molar-refractivity contribution >= 4 is 45.1 Å². The Bertz CT molecular complexity index is 1220. The first-order valence-corrected chi connectivity index (χ1v) is 11.1. The van der Waals surface area contributed by atoms with Crippen molar-refractivity contribution in [3.8, 4) is 0 Å². The summed E-state index contributed by atoms with van der Waals surface area (Å²) in [6, 6.07) is 6.80. The molecule has 0 spiro atoms. The van der Waals surface area contributed by atoms with E-state index in [-0.39, 0.29) is 23.3 Å². The molecule has 3 heterocycles. The Kier molecular flexibility index (Phi) is 4.40. The standard InChI is InChI=1S/C21H17N3O3S2/c1-2-10-23-20(27)16-14-8-5-9-15(14)29-17(16)22-21(23)28-11-24-18(25)12-6-3-4-7-13(12)19(24)26/h2-4,6-7H,1,5,8-11H2. The van der Waals surface area contributed by atoms with Crippen molar-refractivity contribution in [2.45, 2.75) is 31.0 Å². The van der Waals surface area contributed by atoms with Gasteiger partial charge in [-0.3, -0.25) is 23.9 Å². The maximum absolute atomic E-state index is 13.2. The molecule has 146 valence electrons. The van der Waals surface area contributed by atoms with Crippen LogP contribution < -0.4 is 5.56 Å². The van der Waals surface area contributed by atoms with Gasteiger partial charge in [0.1, 0.15) is 4.83 Å². The van der Waals surface area contributed by atoms with Gasteiger partial charge in [-0.05, 0) is 37.0 Å². The Labute approximate surface area is 174 Å². The fraction of sp³-hybridized carbons (Fsp3) is 0.238. The third-order valence-corrected chi connectivity index (χ3v) is 7.45. The van der Waals surface area contributed by atoms with Crippen molar-refractivity contribution in [3.63, 3.8) is 0 Å². The number of carbonyl (C=O) groups is 2. The van der Waals surface area contributed by atoms with Crippen LogP contribution in [0.25, 0.3) is 10.2 Å². The molecule has 1 aromatic carbocycles. The summed E-state index contributed by atoms with van der Waals surface area (Å²) in [5.74, 6) is -0.522. The molecule has 1 aliphatic carbocycles. The fourth-order valence-corrected chi connectivity index (χ4v) is 6.19. The number of imide groups is 1. The second-order valence-electron chi connectivity index (χ2n) is 6.99. The molecule has 0 N–H and O–H groups in total. The molecule has 5 rings (SSSR count). The zero-order valence-electron chi connectivity index (χ0n) is 15.5. The molecular weight excluding hydrogens is 406 g/mol. The molecule has 0 fully saturated rings. The monoisotopic (exact) mass is 423 g/mol. The Balaban J connectivity index is 1.50. The van der Waals surface area contributed by atoms with E-state index < -0.39 is 0 Å². The largest absolute Gasteiger partial charge is 0.283 e. The number of carbonyl (C=O) groups excluding carboxylic acids is 2. The van der Waals surface area contributed by atoms with Gasteiger partial charge < -0.3 is 0 Å². The van der Waals surface area contributed by atoms with Crippen molar-refractivity contribution in [1.29, 1.82) is 0 Å². The number of nitrogens with zero attached hydrogens (tertiary/aromatic N) is 3. The average Bonchev–Trinajstić information content (AvgIpc) is 3.37. The molecule has 0 bridgehead atoms. The number of aromatic nitrogens is 2. The van der Waals surface area contributed by atoms with E-state index in [2.05, 4.69) is 6.58 Å². The first kappa shape index (κ1) is 18.3. The van der Waals surface area contributed by atoms with Gasteiger partial charge >= 0.3 is 0 Å². The lowest BCUT2D eigenvalue weighted by Crippen LogP contribution is -2.30. The third kappa shape index (κ3) is 2.78. The van der Waals surface area contributed by atoms with E-state index in [1.165, 1.54) is 21.5 Å². The highest BCUT2D eigenvalue weighted by atomic mass is 32.2. The van der Waals surface area contributed by atoms with Gasteiger partial charge in [-0.15, -0.1) is 17.9 Å². The number of hydrogen-bond acceptors (Lipinski definition) is 6. The number of hydrogen-bond donors (Lipinski definition) is 0. The highest BCUT2D eigenvalue weighted by Gasteiger charge is 2.35. The Morgan fingerprint density at radius 1 is 1.14 bits per heavy atom. The normalized spacial score (nSPS) is 15.2. The number of rotatable bonds is 5. The lowest BCUT2D eigenvalue weighted by atomic mass is 10.1. The smallest absolute Gasteiger partial charge is 0.263 e. The van der Waals surface area contributed by atoms with Crippen LogP contribution in [0.1, 0.15) is 37.6 Å². The minimum atomic E-state index is -0.313. The van der Waals surface area contributed by atoms with Crippen LogP contribution in [0.2, 0.25) is 0 Å². The van der Waals surface area contributed by atoms with Crippen LogP contribution in [-0.2, 0) is 19.4 Å². The second-order valence-corrected chi connectivity index (χ2v) is 8.99. The van der Waals surface area contributed by atoms with Crippen molar-refractivity contribution in [2.75, 3.05) is 5.88 Å². The molecule has 6 nitrogen and oxygen atoms in total. The van der Waals surface area contributed by atoms with Crippen LogP contribution in [0.3, 0.4) is 0 Å². The van der Waals surface area contributed by atoms with Crippen LogP contribution in [0.15, 0.2) is 46.9 Å². The van der Waals surface area contributed by atoms with Crippen molar-refractivity contribution in [1.82, 2.24) is 14.5 Å². The molecule has 2 aliphatic rings. The van der Waals surface area contributed by atoms with Gasteiger partial charge in [0.2, 0.25) is 0 Å². The summed E-state index contributed by atoms with van der Waals surface area (Å²) in [5, 5.41) is 1.22. The van der Waals surface area contributed by atoms with Crippen molar-refractivity contribution < 1.29 is 9.59 Å². The number of allylic oxidation sites excluding steroid dienone is 1. The maximum Gasteiger partial charge on any atom is 0.263 e. The molecule has 0 saturated carbocycles. The zero-order chi connectivity index (χ0) is 20.1. The average molecular weight is 424 g/mol. The third-order valence-electron chi connectivity index (χ3n) is 5.30. The lowest BCUT2D eigenvalue weighted by molar-refractivity contribution is 0.0684. The van der Waals surface area contributed by atoms with Gasteiger partial charge in [-0.25, -0.2) is 4.98 Å². The molecule has 8 heteroatoms. The minimum Gasteiger partial charge on any atom is -0.283 e. The van der Waals surface area contributed by atoms with E-state index >= 15 is 0 Å². The molecular formula is C21H17N3O3S2. The molecule has 0 radical (unpaired) electrons. The van der Waals surface area contributed by atoms with E-state index in [1.54, 1.807) is 46.2 Å². The van der Waals surface area contributed by atoms with Gasteiger partial charge in [0, 0.05) is 11.4 Å². The first-order chi connectivity index (χ1) is 14.1. The van der Waals surface area contributed by atoms with Gasteiger partial charge in [-0.1, -0.05) is 30.0 Å². The van der Waals surface area contributed by atoms with E-state index in [0.717, 1.165) is 35.0 Å². The summed E-state index contributed by atoms with van der Waals surface area (Å²) in [6.45, 7) is 4.08. The van der Waals surface area contributed by atoms with Gasteiger partial charge in [-0.2, -0.15) is 0 Å². The molecule has 1 aliphatic heterocycles. The Hall–Kier alpha value is -2.71. The van der Waals surface area contributed by atoms with Crippen molar-refractivity contribution in [3.05, 3.63) is 68.8 Å². The van der Waals surface area contributed by atoms with E-state index in [4.69, 9.17) is 4.98 Å². The highest BCUT2D eigenvalue weighted by Crippen LogP contribution is 2.36. The number of fused-ring (bicyclic) bond motifs is 4. The number of benzene rings is 1. The lowest BCUT2D eigenvalue weighted by Gasteiger charge is -2.15. The quantitative estimate of drug-likeness (QED) is 0.272. The SMILES string of the molecule is C=CCn1c(SCN2C(=O)c3ccccc3C2=O)nc2sc3c(c2c1=O)CCC3. The molecule has 0 saturated heterocycles. The zero-order valence-corrected chi connectivity index (χ0v) is 17.1. The molecule has 2 amide bonds. The van der Waals surface area contributed by atoms with Gasteiger partial charge in [0.25, 0.3) is 17.4 Å². The summed E-state index contributed by atoms with van der Waals surface area (Å²) in [7, 11) is 0. The second kappa shape index (κ2) is 6.96. The van der Waals surface area contributed by atoms with Crippen LogP contribution in [0.4, 0.5) is 0 Å². The number of thioether (sulfide) groups is 1.